The summed E-state index contributed by atoms with van der Waals surface area (Å²) in [6, 6.07) is 7.56. The van der Waals surface area contributed by atoms with E-state index in [1.807, 2.05) is 24.3 Å². The normalized spacial score (nSPS) is 11.9. The molecule has 0 fully saturated rings. The number of carbonyl (C=O) groups is 1. The topological polar surface area (TPSA) is 56.8 Å². The summed E-state index contributed by atoms with van der Waals surface area (Å²) in [5.41, 5.74) is 0.953. The molecule has 0 saturated heterocycles. The van der Waals surface area contributed by atoms with Crippen LogP contribution in [0.3, 0.4) is 0 Å². The van der Waals surface area contributed by atoms with Gasteiger partial charge in [0.05, 0.1) is 13.2 Å². The second-order valence-electron chi connectivity index (χ2n) is 3.74. The number of amides is 1. The number of ether oxygens (including phenoxy) is 3. The van der Waals surface area contributed by atoms with Gasteiger partial charge < -0.3 is 19.5 Å². The molecule has 0 bridgehead atoms. The van der Waals surface area contributed by atoms with Crippen molar-refractivity contribution < 1.29 is 19.0 Å². The predicted molar refractivity (Wildman–Crippen MR) is 67.6 cm³/mol. The fraction of sp³-hybridized carbons (Fsp3) is 0.462. The zero-order valence-corrected chi connectivity index (χ0v) is 10.9. The number of carbonyl (C=O) groups excluding carboxylic acids is 1. The third-order valence-electron chi connectivity index (χ3n) is 2.51. The van der Waals surface area contributed by atoms with Crippen LogP contribution in [0, 0.1) is 0 Å². The first kappa shape index (κ1) is 14.5. The average Bonchev–Trinajstić information content (AvgIpc) is 2.40. The van der Waals surface area contributed by atoms with Crippen molar-refractivity contribution in [3.8, 4) is 5.75 Å². The number of hydrogen-bond acceptors (Lipinski definition) is 4. The third kappa shape index (κ3) is 4.35. The molecule has 1 unspecified atom stereocenters. The van der Waals surface area contributed by atoms with E-state index in [1.54, 1.807) is 14.2 Å². The fourth-order valence-electron chi connectivity index (χ4n) is 1.57. The van der Waals surface area contributed by atoms with E-state index in [2.05, 4.69) is 5.32 Å². The molecule has 0 spiro atoms. The van der Waals surface area contributed by atoms with Gasteiger partial charge >= 0.3 is 0 Å². The van der Waals surface area contributed by atoms with Gasteiger partial charge in [-0.1, -0.05) is 12.1 Å². The van der Waals surface area contributed by atoms with E-state index in [1.165, 1.54) is 7.11 Å². The zero-order chi connectivity index (χ0) is 13.4. The van der Waals surface area contributed by atoms with E-state index in [4.69, 9.17) is 14.2 Å². The summed E-state index contributed by atoms with van der Waals surface area (Å²) in [7, 11) is 4.70. The highest BCUT2D eigenvalue weighted by atomic mass is 16.5. The van der Waals surface area contributed by atoms with Crippen LogP contribution in [0.25, 0.3) is 0 Å². The van der Waals surface area contributed by atoms with Crippen molar-refractivity contribution >= 4 is 5.91 Å². The highest BCUT2D eigenvalue weighted by Crippen LogP contribution is 2.20. The van der Waals surface area contributed by atoms with Crippen molar-refractivity contribution in [3.63, 3.8) is 0 Å². The lowest BCUT2D eigenvalue weighted by Crippen LogP contribution is -2.31. The van der Waals surface area contributed by atoms with Gasteiger partial charge in [-0.05, 0) is 17.7 Å². The van der Waals surface area contributed by atoms with Crippen LogP contribution in [0.2, 0.25) is 0 Å². The molecule has 5 heteroatoms. The van der Waals surface area contributed by atoms with E-state index in [-0.39, 0.29) is 18.6 Å². The van der Waals surface area contributed by atoms with E-state index in [0.29, 0.717) is 6.54 Å². The molecule has 0 aliphatic carbocycles. The summed E-state index contributed by atoms with van der Waals surface area (Å²) in [6.07, 6.45) is -0.207. The van der Waals surface area contributed by atoms with Gasteiger partial charge in [0.25, 0.3) is 0 Å². The van der Waals surface area contributed by atoms with Gasteiger partial charge in [0.1, 0.15) is 12.4 Å². The molecule has 0 heterocycles. The first-order valence-electron chi connectivity index (χ1n) is 5.63. The smallest absolute Gasteiger partial charge is 0.246 e. The minimum atomic E-state index is -0.207. The lowest BCUT2D eigenvalue weighted by molar-refractivity contribution is -0.125. The lowest BCUT2D eigenvalue weighted by atomic mass is 10.1. The Morgan fingerprint density at radius 2 is 2.11 bits per heavy atom. The minimum Gasteiger partial charge on any atom is -0.497 e. The molecule has 0 aliphatic heterocycles. The molecule has 1 aromatic rings. The largest absolute Gasteiger partial charge is 0.497 e. The predicted octanol–water partition coefficient (Wildman–Crippen LogP) is 1.15. The zero-order valence-electron chi connectivity index (χ0n) is 10.9. The van der Waals surface area contributed by atoms with Crippen LogP contribution in [-0.4, -0.2) is 40.4 Å². The Balaban J connectivity index is 2.62. The van der Waals surface area contributed by atoms with Gasteiger partial charge in [0, 0.05) is 20.8 Å². The van der Waals surface area contributed by atoms with Crippen LogP contribution in [0.4, 0.5) is 0 Å². The summed E-state index contributed by atoms with van der Waals surface area (Å²) in [4.78, 5) is 11.3. The molecule has 1 aromatic carbocycles. The standard InChI is InChI=1S/C13H19NO4/c1-16-9-13(15)14-8-12(18-3)10-5-4-6-11(7-10)17-2/h4-7,12H,8-9H2,1-3H3,(H,14,15). The van der Waals surface area contributed by atoms with Crippen LogP contribution in [0.5, 0.6) is 5.75 Å². The monoisotopic (exact) mass is 253 g/mol. The summed E-state index contributed by atoms with van der Waals surface area (Å²) >= 11 is 0. The van der Waals surface area contributed by atoms with Gasteiger partial charge in [-0.2, -0.15) is 0 Å². The molecule has 100 valence electrons. The van der Waals surface area contributed by atoms with E-state index < -0.39 is 0 Å². The van der Waals surface area contributed by atoms with Crippen LogP contribution in [0.15, 0.2) is 24.3 Å². The molecule has 0 aliphatic rings. The van der Waals surface area contributed by atoms with Crippen molar-refractivity contribution in [2.45, 2.75) is 6.10 Å². The molecular weight excluding hydrogens is 234 g/mol. The van der Waals surface area contributed by atoms with Gasteiger partial charge in [-0.25, -0.2) is 0 Å². The SMILES string of the molecule is COCC(=O)NCC(OC)c1cccc(OC)c1. The van der Waals surface area contributed by atoms with Crippen molar-refractivity contribution in [1.29, 1.82) is 0 Å². The second kappa shape index (κ2) is 7.68. The molecule has 1 atom stereocenters. The molecule has 18 heavy (non-hydrogen) atoms. The van der Waals surface area contributed by atoms with Crippen LogP contribution < -0.4 is 10.1 Å². The Kier molecular flexibility index (Phi) is 6.18. The van der Waals surface area contributed by atoms with Crippen molar-refractivity contribution in [1.82, 2.24) is 5.32 Å². The third-order valence-corrected chi connectivity index (χ3v) is 2.51. The molecule has 0 radical (unpaired) electrons. The lowest BCUT2D eigenvalue weighted by Gasteiger charge is -2.17. The fourth-order valence-corrected chi connectivity index (χ4v) is 1.57. The van der Waals surface area contributed by atoms with Gasteiger partial charge in [0.2, 0.25) is 5.91 Å². The first-order chi connectivity index (χ1) is 8.71. The van der Waals surface area contributed by atoms with Gasteiger partial charge in [-0.15, -0.1) is 0 Å². The van der Waals surface area contributed by atoms with Crippen molar-refractivity contribution in [2.24, 2.45) is 0 Å². The maximum absolute atomic E-state index is 11.3. The minimum absolute atomic E-state index is 0.0501. The van der Waals surface area contributed by atoms with E-state index >= 15 is 0 Å². The average molecular weight is 253 g/mol. The maximum atomic E-state index is 11.3. The van der Waals surface area contributed by atoms with E-state index in [0.717, 1.165) is 11.3 Å². The van der Waals surface area contributed by atoms with E-state index in [9.17, 15) is 4.79 Å². The van der Waals surface area contributed by atoms with Crippen molar-refractivity contribution in [2.75, 3.05) is 34.5 Å². The molecule has 5 nitrogen and oxygen atoms in total. The number of benzene rings is 1. The molecule has 1 amide bonds. The Labute approximate surface area is 107 Å². The number of rotatable bonds is 7. The number of nitrogens with one attached hydrogen (secondary N) is 1. The summed E-state index contributed by atoms with van der Waals surface area (Å²) in [6.45, 7) is 0.445. The Hall–Kier alpha value is -1.59. The highest BCUT2D eigenvalue weighted by molar-refractivity contribution is 5.77. The second-order valence-corrected chi connectivity index (χ2v) is 3.74. The highest BCUT2D eigenvalue weighted by Gasteiger charge is 2.12. The quantitative estimate of drug-likeness (QED) is 0.792. The maximum Gasteiger partial charge on any atom is 0.246 e. The van der Waals surface area contributed by atoms with Gasteiger partial charge in [0.15, 0.2) is 0 Å². The Morgan fingerprint density at radius 3 is 2.72 bits per heavy atom. The molecule has 1 rings (SSSR count). The van der Waals surface area contributed by atoms with Crippen LogP contribution >= 0.6 is 0 Å². The first-order valence-corrected chi connectivity index (χ1v) is 5.63. The Bertz CT molecular complexity index is 381. The molecule has 0 aromatic heterocycles. The van der Waals surface area contributed by atoms with Crippen LogP contribution in [0.1, 0.15) is 11.7 Å². The molecule has 1 N–H and O–H groups in total. The Morgan fingerprint density at radius 1 is 1.33 bits per heavy atom. The van der Waals surface area contributed by atoms with Crippen LogP contribution in [-0.2, 0) is 14.3 Å². The summed E-state index contributed by atoms with van der Waals surface area (Å²) in [5.74, 6) is 0.597. The van der Waals surface area contributed by atoms with Gasteiger partial charge in [-0.3, -0.25) is 4.79 Å². The summed E-state index contributed by atoms with van der Waals surface area (Å²) in [5, 5.41) is 2.74. The summed E-state index contributed by atoms with van der Waals surface area (Å²) < 4.78 is 15.2. The number of methoxy groups -OCH3 is 3. The number of hydrogen-bond donors (Lipinski definition) is 1. The molecular formula is C13H19NO4. The van der Waals surface area contributed by atoms with Crippen molar-refractivity contribution in [3.05, 3.63) is 29.8 Å². The molecule has 0 saturated carbocycles.